The van der Waals surface area contributed by atoms with Crippen LogP contribution in [-0.2, 0) is 6.42 Å². The first-order chi connectivity index (χ1) is 5.70. The summed E-state index contributed by atoms with van der Waals surface area (Å²) in [7, 11) is 0. The molecule has 2 N–H and O–H groups in total. The number of hydrogen-bond acceptors (Lipinski definition) is 2. The van der Waals surface area contributed by atoms with Crippen LogP contribution in [-0.4, -0.2) is 5.78 Å². The van der Waals surface area contributed by atoms with Crippen molar-refractivity contribution in [3.63, 3.8) is 0 Å². The Morgan fingerprint density at radius 1 is 1.33 bits per heavy atom. The molecule has 0 heterocycles. The number of hydrogen-bond donors (Lipinski definition) is 1. The molecular weight excluding hydrogens is 265 g/mol. The third kappa shape index (κ3) is 1.03. The SMILES string of the molecule is Nc1ccc(I)c2c1C(=O)CC2. The largest absolute Gasteiger partial charge is 0.398 e. The monoisotopic (exact) mass is 273 g/mol. The van der Waals surface area contributed by atoms with Crippen LogP contribution in [0.4, 0.5) is 5.69 Å². The van der Waals surface area contributed by atoms with Crippen LogP contribution in [0.15, 0.2) is 12.1 Å². The average Bonchev–Trinajstić information content (AvgIpc) is 2.42. The molecule has 0 amide bonds. The number of Topliss-reactive ketones (excluding diaryl/α,β-unsaturated/α-hetero) is 1. The van der Waals surface area contributed by atoms with Crippen molar-refractivity contribution in [1.82, 2.24) is 0 Å². The molecule has 0 aliphatic heterocycles. The topological polar surface area (TPSA) is 43.1 Å². The van der Waals surface area contributed by atoms with Crippen molar-refractivity contribution in [2.45, 2.75) is 12.8 Å². The number of benzene rings is 1. The highest BCUT2D eigenvalue weighted by Crippen LogP contribution is 2.30. The first-order valence-corrected chi connectivity index (χ1v) is 4.88. The molecule has 2 nitrogen and oxygen atoms in total. The molecule has 0 radical (unpaired) electrons. The predicted octanol–water partition coefficient (Wildman–Crippen LogP) is 2.00. The number of fused-ring (bicyclic) bond motifs is 1. The summed E-state index contributed by atoms with van der Waals surface area (Å²) in [5.41, 5.74) is 8.24. The molecular formula is C9H8INO. The van der Waals surface area contributed by atoms with Gasteiger partial charge in [0, 0.05) is 21.2 Å². The molecule has 0 aromatic heterocycles. The highest BCUT2D eigenvalue weighted by atomic mass is 127. The number of nitrogens with two attached hydrogens (primary N) is 1. The minimum absolute atomic E-state index is 0.195. The maximum absolute atomic E-state index is 11.4. The van der Waals surface area contributed by atoms with Crippen LogP contribution in [0.2, 0.25) is 0 Å². The summed E-state index contributed by atoms with van der Waals surface area (Å²) in [5, 5.41) is 0. The standard InChI is InChI=1S/C9H8INO/c10-6-2-3-7(11)9-5(6)1-4-8(9)12/h2-3H,1,4,11H2. The number of halogens is 1. The Balaban J connectivity index is 2.72. The molecule has 1 aliphatic carbocycles. The van der Waals surface area contributed by atoms with E-state index in [0.717, 1.165) is 21.1 Å². The Bertz CT molecular complexity index is 360. The molecule has 0 saturated heterocycles. The maximum atomic E-state index is 11.4. The molecule has 12 heavy (non-hydrogen) atoms. The van der Waals surface area contributed by atoms with Gasteiger partial charge in [-0.3, -0.25) is 4.79 Å². The van der Waals surface area contributed by atoms with Gasteiger partial charge in [-0.05, 0) is 46.7 Å². The van der Waals surface area contributed by atoms with E-state index in [1.54, 1.807) is 0 Å². The van der Waals surface area contributed by atoms with Crippen LogP contribution in [0.1, 0.15) is 22.3 Å². The number of carbonyl (C=O) groups is 1. The Morgan fingerprint density at radius 2 is 2.08 bits per heavy atom. The van der Waals surface area contributed by atoms with E-state index in [1.807, 2.05) is 12.1 Å². The van der Waals surface area contributed by atoms with Gasteiger partial charge in [0.2, 0.25) is 0 Å². The highest BCUT2D eigenvalue weighted by molar-refractivity contribution is 14.1. The Hall–Kier alpha value is -0.580. The summed E-state index contributed by atoms with van der Waals surface area (Å²) in [5.74, 6) is 0.195. The lowest BCUT2D eigenvalue weighted by molar-refractivity contribution is 0.0995. The molecule has 0 unspecified atom stereocenters. The third-order valence-corrected chi connectivity index (χ3v) is 3.18. The number of ketones is 1. The van der Waals surface area contributed by atoms with Crippen LogP contribution in [0.3, 0.4) is 0 Å². The van der Waals surface area contributed by atoms with Crippen molar-refractivity contribution in [3.05, 3.63) is 26.8 Å². The van der Waals surface area contributed by atoms with Gasteiger partial charge in [-0.1, -0.05) is 0 Å². The van der Waals surface area contributed by atoms with Gasteiger partial charge in [-0.15, -0.1) is 0 Å². The number of rotatable bonds is 0. The summed E-state index contributed by atoms with van der Waals surface area (Å²) >= 11 is 2.24. The Kier molecular flexibility index (Phi) is 1.83. The maximum Gasteiger partial charge on any atom is 0.165 e. The molecule has 0 spiro atoms. The minimum Gasteiger partial charge on any atom is -0.398 e. The van der Waals surface area contributed by atoms with E-state index in [4.69, 9.17) is 5.73 Å². The quantitative estimate of drug-likeness (QED) is 0.580. The van der Waals surface area contributed by atoms with Crippen LogP contribution in [0.5, 0.6) is 0 Å². The number of anilines is 1. The van der Waals surface area contributed by atoms with Crippen molar-refractivity contribution in [3.8, 4) is 0 Å². The summed E-state index contributed by atoms with van der Waals surface area (Å²) in [6, 6.07) is 3.77. The van der Waals surface area contributed by atoms with E-state index < -0.39 is 0 Å². The minimum atomic E-state index is 0.195. The zero-order valence-electron chi connectivity index (χ0n) is 6.43. The second-order valence-electron chi connectivity index (χ2n) is 2.91. The molecule has 1 aliphatic rings. The first-order valence-electron chi connectivity index (χ1n) is 3.80. The van der Waals surface area contributed by atoms with Gasteiger partial charge < -0.3 is 5.73 Å². The van der Waals surface area contributed by atoms with Gasteiger partial charge in [0.15, 0.2) is 5.78 Å². The van der Waals surface area contributed by atoms with Crippen molar-refractivity contribution >= 4 is 34.1 Å². The fraction of sp³-hybridized carbons (Fsp3) is 0.222. The molecule has 0 saturated carbocycles. The molecule has 0 bridgehead atoms. The normalized spacial score (nSPS) is 14.9. The molecule has 62 valence electrons. The summed E-state index contributed by atoms with van der Waals surface area (Å²) < 4.78 is 1.16. The zero-order valence-corrected chi connectivity index (χ0v) is 8.59. The first kappa shape index (κ1) is 8.04. The molecule has 3 heteroatoms. The lowest BCUT2D eigenvalue weighted by Crippen LogP contribution is -1.99. The summed E-state index contributed by atoms with van der Waals surface area (Å²) in [4.78, 5) is 11.4. The van der Waals surface area contributed by atoms with Gasteiger partial charge in [-0.2, -0.15) is 0 Å². The molecule has 0 fully saturated rings. The fourth-order valence-electron chi connectivity index (χ4n) is 1.58. The van der Waals surface area contributed by atoms with Crippen LogP contribution < -0.4 is 5.73 Å². The van der Waals surface area contributed by atoms with Crippen molar-refractivity contribution in [1.29, 1.82) is 0 Å². The molecule has 1 aromatic carbocycles. The van der Waals surface area contributed by atoms with Crippen LogP contribution >= 0.6 is 22.6 Å². The van der Waals surface area contributed by atoms with E-state index in [1.165, 1.54) is 0 Å². The third-order valence-electron chi connectivity index (χ3n) is 2.17. The molecule has 0 atom stereocenters. The van der Waals surface area contributed by atoms with E-state index >= 15 is 0 Å². The van der Waals surface area contributed by atoms with E-state index in [0.29, 0.717) is 12.1 Å². The molecule has 2 rings (SSSR count). The van der Waals surface area contributed by atoms with Crippen molar-refractivity contribution < 1.29 is 4.79 Å². The van der Waals surface area contributed by atoms with Crippen LogP contribution in [0, 0.1) is 3.57 Å². The average molecular weight is 273 g/mol. The van der Waals surface area contributed by atoms with Crippen molar-refractivity contribution in [2.75, 3.05) is 5.73 Å². The van der Waals surface area contributed by atoms with E-state index in [-0.39, 0.29) is 5.78 Å². The lowest BCUT2D eigenvalue weighted by atomic mass is 10.1. The van der Waals surface area contributed by atoms with Crippen molar-refractivity contribution in [2.24, 2.45) is 0 Å². The van der Waals surface area contributed by atoms with Gasteiger partial charge in [0.1, 0.15) is 0 Å². The number of carbonyl (C=O) groups excluding carboxylic acids is 1. The lowest BCUT2D eigenvalue weighted by Gasteiger charge is -2.03. The van der Waals surface area contributed by atoms with Gasteiger partial charge in [0.05, 0.1) is 0 Å². The summed E-state index contributed by atoms with van der Waals surface area (Å²) in [6.45, 7) is 0. The summed E-state index contributed by atoms with van der Waals surface area (Å²) in [6.07, 6.45) is 1.48. The van der Waals surface area contributed by atoms with Gasteiger partial charge in [0.25, 0.3) is 0 Å². The number of nitrogen functional groups attached to an aromatic ring is 1. The van der Waals surface area contributed by atoms with Gasteiger partial charge in [-0.25, -0.2) is 0 Å². The van der Waals surface area contributed by atoms with E-state index in [9.17, 15) is 4.79 Å². The second kappa shape index (κ2) is 2.73. The highest BCUT2D eigenvalue weighted by Gasteiger charge is 2.23. The Morgan fingerprint density at radius 3 is 2.75 bits per heavy atom. The zero-order chi connectivity index (χ0) is 8.72. The van der Waals surface area contributed by atoms with Crippen LogP contribution in [0.25, 0.3) is 0 Å². The fourth-order valence-corrected chi connectivity index (χ4v) is 2.30. The second-order valence-corrected chi connectivity index (χ2v) is 4.08. The van der Waals surface area contributed by atoms with Gasteiger partial charge >= 0.3 is 0 Å². The molecule has 1 aromatic rings. The van der Waals surface area contributed by atoms with E-state index in [2.05, 4.69) is 22.6 Å². The smallest absolute Gasteiger partial charge is 0.165 e. The Labute approximate surface area is 84.3 Å². The predicted molar refractivity (Wildman–Crippen MR) is 56.2 cm³/mol.